The van der Waals surface area contributed by atoms with Gasteiger partial charge in [0.2, 0.25) is 0 Å². The number of rotatable bonds is 6. The number of halogens is 1. The molecule has 4 rings (SSSR count). The number of hydrogen-bond donors (Lipinski definition) is 1. The lowest BCUT2D eigenvalue weighted by atomic mass is 10.0. The molecule has 4 nitrogen and oxygen atoms in total. The minimum atomic E-state index is -0.244. The Labute approximate surface area is 173 Å². The van der Waals surface area contributed by atoms with Gasteiger partial charge in [-0.1, -0.05) is 41.0 Å². The van der Waals surface area contributed by atoms with Crippen molar-refractivity contribution in [2.24, 2.45) is 5.10 Å². The van der Waals surface area contributed by atoms with Gasteiger partial charge in [0.1, 0.15) is 17.3 Å². The van der Waals surface area contributed by atoms with Crippen LogP contribution in [0.3, 0.4) is 0 Å². The molecule has 0 fully saturated rings. The predicted molar refractivity (Wildman–Crippen MR) is 121 cm³/mol. The summed E-state index contributed by atoms with van der Waals surface area (Å²) in [5.74, 6) is 0.600. The van der Waals surface area contributed by atoms with Crippen molar-refractivity contribution in [3.63, 3.8) is 0 Å². The van der Waals surface area contributed by atoms with Gasteiger partial charge < -0.3 is 5.32 Å². The molecule has 3 aromatic rings. The molecule has 0 bridgehead atoms. The molecule has 0 radical (unpaired) electrons. The number of hydrazone groups is 1. The minimum absolute atomic E-state index is 0.189. The van der Waals surface area contributed by atoms with E-state index in [0.29, 0.717) is 0 Å². The summed E-state index contributed by atoms with van der Waals surface area (Å²) in [5.41, 5.74) is 4.18. The maximum Gasteiger partial charge on any atom is 0.126 e. The quantitative estimate of drug-likeness (QED) is 0.610. The van der Waals surface area contributed by atoms with Crippen LogP contribution in [-0.4, -0.2) is 39.8 Å². The molecule has 1 N–H and O–H groups in total. The van der Waals surface area contributed by atoms with Crippen LogP contribution in [-0.2, 0) is 6.42 Å². The number of hydrogen-bond acceptors (Lipinski definition) is 4. The Bertz CT molecular complexity index is 1060. The maximum atomic E-state index is 13.4. The highest BCUT2D eigenvalue weighted by atomic mass is 32.2. The molecule has 2 aromatic carbocycles. The van der Waals surface area contributed by atoms with Crippen molar-refractivity contribution in [1.29, 1.82) is 0 Å². The van der Waals surface area contributed by atoms with Crippen molar-refractivity contribution >= 4 is 27.1 Å². The lowest BCUT2D eigenvalue weighted by Crippen LogP contribution is -2.15. The number of nitrogens with one attached hydrogen (secondary N) is 1. The fourth-order valence-electron chi connectivity index (χ4n) is 3.27. The van der Waals surface area contributed by atoms with Crippen LogP contribution in [0.2, 0.25) is 0 Å². The minimum Gasteiger partial charge on any atom is -0.370 e. The Hall–Kier alpha value is -2.99. The van der Waals surface area contributed by atoms with Crippen LogP contribution in [0.25, 0.3) is 0 Å². The van der Waals surface area contributed by atoms with Crippen LogP contribution < -0.4 is 5.32 Å². The van der Waals surface area contributed by atoms with Crippen molar-refractivity contribution in [2.45, 2.75) is 6.42 Å². The number of anilines is 1. The second-order valence-electron chi connectivity index (χ2n) is 6.82. The van der Waals surface area contributed by atoms with Gasteiger partial charge in [0, 0.05) is 25.4 Å². The molecular weight excluding hydrogens is 383 g/mol. The third-order valence-electron chi connectivity index (χ3n) is 4.85. The van der Waals surface area contributed by atoms with Gasteiger partial charge in [0.15, 0.2) is 0 Å². The van der Waals surface area contributed by atoms with E-state index in [-0.39, 0.29) is 16.5 Å². The molecule has 0 saturated carbocycles. The van der Waals surface area contributed by atoms with Gasteiger partial charge in [-0.25, -0.2) is 13.8 Å². The summed E-state index contributed by atoms with van der Waals surface area (Å²) in [6, 6.07) is 21.0. The molecule has 0 saturated heterocycles. The van der Waals surface area contributed by atoms with Crippen molar-refractivity contribution < 1.29 is 4.39 Å². The van der Waals surface area contributed by atoms with Crippen molar-refractivity contribution in [2.75, 3.05) is 25.2 Å². The van der Waals surface area contributed by atoms with Crippen molar-refractivity contribution in [1.82, 2.24) is 9.40 Å². The molecule has 29 heavy (non-hydrogen) atoms. The molecule has 0 aliphatic carbocycles. The normalized spacial score (nSPS) is 16.1. The smallest absolute Gasteiger partial charge is 0.126 e. The van der Waals surface area contributed by atoms with Crippen LogP contribution in [0.15, 0.2) is 78.0 Å². The fraction of sp³-hybridized carbons (Fsp3) is 0.174. The monoisotopic (exact) mass is 406 g/mol. The van der Waals surface area contributed by atoms with Gasteiger partial charge in [-0.15, -0.1) is 0 Å². The Balaban J connectivity index is 1.56. The molecule has 148 valence electrons. The molecule has 0 spiro atoms. The Morgan fingerprint density at radius 2 is 1.76 bits per heavy atom. The molecule has 2 heterocycles. The molecular formula is C23H23FN4S. The van der Waals surface area contributed by atoms with Crippen LogP contribution in [0.1, 0.15) is 16.7 Å². The van der Waals surface area contributed by atoms with E-state index < -0.39 is 0 Å². The number of nitrogens with zero attached hydrogens (tertiary/aromatic N) is 3. The van der Waals surface area contributed by atoms with Gasteiger partial charge in [-0.3, -0.25) is 0 Å². The highest BCUT2D eigenvalue weighted by Crippen LogP contribution is 2.30. The van der Waals surface area contributed by atoms with E-state index in [4.69, 9.17) is 5.10 Å². The first-order chi connectivity index (χ1) is 14.1. The zero-order valence-corrected chi connectivity index (χ0v) is 17.3. The van der Waals surface area contributed by atoms with Gasteiger partial charge in [0.05, 0.1) is 4.86 Å². The van der Waals surface area contributed by atoms with E-state index in [1.54, 1.807) is 12.1 Å². The highest BCUT2D eigenvalue weighted by molar-refractivity contribution is 8.15. The predicted octanol–water partition coefficient (Wildman–Crippen LogP) is 4.56. The molecule has 6 heteroatoms. The first kappa shape index (κ1) is 19.3. The van der Waals surface area contributed by atoms with E-state index in [2.05, 4.69) is 46.9 Å². The number of benzene rings is 2. The number of aromatic nitrogens is 1. The highest BCUT2D eigenvalue weighted by Gasteiger charge is 2.23. The van der Waals surface area contributed by atoms with Crippen LogP contribution in [0.4, 0.5) is 10.2 Å². The molecule has 0 amide bonds. The summed E-state index contributed by atoms with van der Waals surface area (Å²) in [5, 5.41) is 8.14. The standard InChI is InChI=1S/C23H23FN4S/c1-28-27-22(18-8-10-20(24)11-9-18)23(29(28)2)19-13-15-26-21(16-19)25-14-12-17-6-4-3-5-7-17/h3-11,13,15-16H,12,14H2,1-2H3,(H,25,26). The van der Waals surface area contributed by atoms with Crippen LogP contribution in [0.5, 0.6) is 0 Å². The summed E-state index contributed by atoms with van der Waals surface area (Å²) in [6.07, 6.45) is 4.91. The topological polar surface area (TPSA) is 40.5 Å². The molecule has 1 aliphatic rings. The average Bonchev–Trinajstić information content (AvgIpc) is 3.04. The van der Waals surface area contributed by atoms with Crippen LogP contribution >= 0.6 is 10.7 Å². The maximum absolute atomic E-state index is 13.4. The lowest BCUT2D eigenvalue weighted by Gasteiger charge is -2.12. The molecule has 1 aliphatic heterocycles. The third kappa shape index (κ3) is 4.38. The molecule has 1 unspecified atom stereocenters. The first-order valence-corrected chi connectivity index (χ1v) is 11.1. The van der Waals surface area contributed by atoms with Crippen molar-refractivity contribution in [3.8, 4) is 0 Å². The van der Waals surface area contributed by atoms with Gasteiger partial charge in [0.25, 0.3) is 0 Å². The van der Waals surface area contributed by atoms with Gasteiger partial charge in [-0.05, 0) is 60.2 Å². The van der Waals surface area contributed by atoms with Gasteiger partial charge in [-0.2, -0.15) is 5.10 Å². The third-order valence-corrected chi connectivity index (χ3v) is 6.74. The van der Waals surface area contributed by atoms with Gasteiger partial charge >= 0.3 is 0 Å². The van der Waals surface area contributed by atoms with Crippen LogP contribution in [0, 0.1) is 5.82 Å². The summed E-state index contributed by atoms with van der Waals surface area (Å²) in [6.45, 7) is 0.812. The van der Waals surface area contributed by atoms with E-state index in [1.807, 2.05) is 29.8 Å². The first-order valence-electron chi connectivity index (χ1n) is 9.48. The summed E-state index contributed by atoms with van der Waals surface area (Å²) in [7, 11) is 1.78. The van der Waals surface area contributed by atoms with Crippen molar-refractivity contribution in [3.05, 3.63) is 95.4 Å². The number of pyridine rings is 1. The average molecular weight is 407 g/mol. The Kier molecular flexibility index (Phi) is 5.71. The van der Waals surface area contributed by atoms with E-state index in [9.17, 15) is 4.39 Å². The fourth-order valence-corrected chi connectivity index (χ4v) is 4.65. The van der Waals surface area contributed by atoms with E-state index >= 15 is 0 Å². The molecule has 1 atom stereocenters. The zero-order chi connectivity index (χ0) is 20.2. The second kappa shape index (κ2) is 8.57. The lowest BCUT2D eigenvalue weighted by molar-refractivity contribution is 0.621. The summed E-state index contributed by atoms with van der Waals surface area (Å²) < 4.78 is 15.3. The summed E-state index contributed by atoms with van der Waals surface area (Å²) in [4.78, 5) is 5.62. The van der Waals surface area contributed by atoms with E-state index in [0.717, 1.165) is 40.5 Å². The second-order valence-corrected chi connectivity index (χ2v) is 8.71. The zero-order valence-electron chi connectivity index (χ0n) is 16.5. The Morgan fingerprint density at radius 3 is 2.52 bits per heavy atom. The largest absolute Gasteiger partial charge is 0.370 e. The molecule has 1 aromatic heterocycles. The summed E-state index contributed by atoms with van der Waals surface area (Å²) >= 11 is 0. The Morgan fingerprint density at radius 1 is 1.00 bits per heavy atom. The SMILES string of the molecule is CN1N=C(c2ccc(F)cc2)C(c2ccnc(NCCc3ccccc3)c2)=S1C. The van der Waals surface area contributed by atoms with E-state index in [1.165, 1.54) is 17.7 Å².